The van der Waals surface area contributed by atoms with Crippen LogP contribution >= 0.6 is 0 Å². The van der Waals surface area contributed by atoms with Crippen LogP contribution in [0.5, 0.6) is 0 Å². The molecule has 0 rings (SSSR count). The molecule has 0 saturated carbocycles. The lowest BCUT2D eigenvalue weighted by molar-refractivity contribution is 0.318. The number of rotatable bonds is 6. The molecule has 0 radical (unpaired) electrons. The molecule has 0 aromatic carbocycles. The summed E-state index contributed by atoms with van der Waals surface area (Å²) >= 11 is 0. The minimum Gasteiger partial charge on any atom is -0.313 e. The third-order valence-electron chi connectivity index (χ3n) is 2.89. The van der Waals surface area contributed by atoms with Crippen molar-refractivity contribution in [2.45, 2.75) is 52.1 Å². The first-order valence-electron chi connectivity index (χ1n) is 5.41. The SMILES string of the molecule is CCCN=C=NC(C)C(C)(CC)NC. The van der Waals surface area contributed by atoms with E-state index >= 15 is 0 Å². The van der Waals surface area contributed by atoms with Gasteiger partial charge in [0, 0.05) is 12.1 Å². The molecule has 0 aromatic heterocycles. The van der Waals surface area contributed by atoms with Gasteiger partial charge in [0.1, 0.15) is 0 Å². The number of nitrogens with one attached hydrogen (secondary N) is 1. The number of hydrogen-bond acceptors (Lipinski definition) is 3. The summed E-state index contributed by atoms with van der Waals surface area (Å²) in [5.41, 5.74) is 0.0503. The fourth-order valence-corrected chi connectivity index (χ4v) is 1.11. The third kappa shape index (κ3) is 4.03. The zero-order chi connectivity index (χ0) is 11.0. The van der Waals surface area contributed by atoms with E-state index in [0.717, 1.165) is 19.4 Å². The van der Waals surface area contributed by atoms with E-state index in [1.165, 1.54) is 0 Å². The molecule has 0 aliphatic heterocycles. The van der Waals surface area contributed by atoms with Crippen molar-refractivity contribution in [1.82, 2.24) is 5.32 Å². The van der Waals surface area contributed by atoms with Gasteiger partial charge in [-0.15, -0.1) is 0 Å². The molecule has 0 fully saturated rings. The molecule has 1 N–H and O–H groups in total. The molecule has 0 spiro atoms. The molecule has 0 aliphatic carbocycles. The molecule has 2 atom stereocenters. The van der Waals surface area contributed by atoms with E-state index in [-0.39, 0.29) is 11.6 Å². The van der Waals surface area contributed by atoms with E-state index in [9.17, 15) is 0 Å². The Labute approximate surface area is 87.7 Å². The van der Waals surface area contributed by atoms with Crippen molar-refractivity contribution < 1.29 is 0 Å². The maximum atomic E-state index is 4.30. The van der Waals surface area contributed by atoms with Crippen LogP contribution < -0.4 is 5.32 Å². The van der Waals surface area contributed by atoms with E-state index in [1.807, 2.05) is 7.05 Å². The Bertz CT molecular complexity index is 201. The summed E-state index contributed by atoms with van der Waals surface area (Å²) in [7, 11) is 1.97. The second-order valence-corrected chi connectivity index (χ2v) is 3.81. The second kappa shape index (κ2) is 6.74. The van der Waals surface area contributed by atoms with Gasteiger partial charge >= 0.3 is 0 Å². The van der Waals surface area contributed by atoms with E-state index in [1.54, 1.807) is 0 Å². The average Bonchev–Trinajstić information content (AvgIpc) is 2.22. The van der Waals surface area contributed by atoms with Crippen LogP contribution in [0.1, 0.15) is 40.5 Å². The van der Waals surface area contributed by atoms with Gasteiger partial charge in [-0.25, -0.2) is 9.98 Å². The van der Waals surface area contributed by atoms with Crippen LogP contribution in [0, 0.1) is 0 Å². The summed E-state index contributed by atoms with van der Waals surface area (Å²) in [6, 6.07) is 2.98. The summed E-state index contributed by atoms with van der Waals surface area (Å²) in [6.45, 7) is 9.33. The first kappa shape index (κ1) is 13.3. The standard InChI is InChI=1S/C11H23N3/c1-6-8-13-9-14-10(3)11(4,7-2)12-5/h10,12H,6-8H2,1-5H3. The normalized spacial score (nSPS) is 16.6. The van der Waals surface area contributed by atoms with Crippen molar-refractivity contribution in [3.8, 4) is 0 Å². The van der Waals surface area contributed by atoms with E-state index < -0.39 is 0 Å². The predicted octanol–water partition coefficient (Wildman–Crippen LogP) is 2.35. The summed E-state index contributed by atoms with van der Waals surface area (Å²) < 4.78 is 0. The van der Waals surface area contributed by atoms with Crippen LogP contribution in [0.15, 0.2) is 9.98 Å². The van der Waals surface area contributed by atoms with Gasteiger partial charge in [-0.05, 0) is 33.7 Å². The lowest BCUT2D eigenvalue weighted by Gasteiger charge is -2.31. The molecule has 14 heavy (non-hydrogen) atoms. The largest absolute Gasteiger partial charge is 0.313 e. The highest BCUT2D eigenvalue weighted by Crippen LogP contribution is 2.16. The number of likely N-dealkylation sites (N-methyl/N-ethyl adjacent to an activating group) is 1. The third-order valence-corrected chi connectivity index (χ3v) is 2.89. The molecular formula is C11H23N3. The smallest absolute Gasteiger partial charge is 0.0896 e. The molecule has 0 aliphatic rings. The molecule has 3 nitrogen and oxygen atoms in total. The summed E-state index contributed by atoms with van der Waals surface area (Å²) in [5.74, 6) is 0. The van der Waals surface area contributed by atoms with E-state index in [2.05, 4.69) is 49.0 Å². The number of aliphatic imine (C=N–C) groups is 2. The highest BCUT2D eigenvalue weighted by atomic mass is 15.0. The Morgan fingerprint density at radius 1 is 1.43 bits per heavy atom. The first-order valence-corrected chi connectivity index (χ1v) is 5.41. The Hall–Kier alpha value is -0.660. The minimum atomic E-state index is 0.0503. The fourth-order valence-electron chi connectivity index (χ4n) is 1.11. The zero-order valence-corrected chi connectivity index (χ0v) is 10.1. The summed E-state index contributed by atoms with van der Waals surface area (Å²) in [6.07, 6.45) is 2.09. The van der Waals surface area contributed by atoms with Crippen molar-refractivity contribution in [2.24, 2.45) is 9.98 Å². The monoisotopic (exact) mass is 197 g/mol. The summed E-state index contributed by atoms with van der Waals surface area (Å²) in [5, 5.41) is 3.29. The van der Waals surface area contributed by atoms with Gasteiger partial charge in [0.2, 0.25) is 0 Å². The highest BCUT2D eigenvalue weighted by molar-refractivity contribution is 5.41. The lowest BCUT2D eigenvalue weighted by atomic mass is 9.91. The fraction of sp³-hybridized carbons (Fsp3) is 0.909. The summed E-state index contributed by atoms with van der Waals surface area (Å²) in [4.78, 5) is 8.36. The van der Waals surface area contributed by atoms with Crippen molar-refractivity contribution in [3.05, 3.63) is 0 Å². The second-order valence-electron chi connectivity index (χ2n) is 3.81. The van der Waals surface area contributed by atoms with Crippen molar-refractivity contribution in [2.75, 3.05) is 13.6 Å². The van der Waals surface area contributed by atoms with Crippen molar-refractivity contribution >= 4 is 6.01 Å². The molecule has 0 heterocycles. The van der Waals surface area contributed by atoms with Gasteiger partial charge in [-0.2, -0.15) is 0 Å². The number of hydrogen-bond donors (Lipinski definition) is 1. The molecule has 0 amide bonds. The molecule has 2 unspecified atom stereocenters. The van der Waals surface area contributed by atoms with Gasteiger partial charge in [0.05, 0.1) is 12.1 Å². The van der Waals surface area contributed by atoms with Gasteiger partial charge in [-0.3, -0.25) is 0 Å². The Kier molecular flexibility index (Phi) is 6.43. The van der Waals surface area contributed by atoms with E-state index in [0.29, 0.717) is 0 Å². The molecule has 82 valence electrons. The van der Waals surface area contributed by atoms with E-state index in [4.69, 9.17) is 0 Å². The maximum Gasteiger partial charge on any atom is 0.0896 e. The van der Waals surface area contributed by atoms with Crippen molar-refractivity contribution in [3.63, 3.8) is 0 Å². The molecule has 0 aromatic rings. The quantitative estimate of drug-likeness (QED) is 0.652. The molecule has 0 saturated heterocycles. The van der Waals surface area contributed by atoms with Gasteiger partial charge in [0.15, 0.2) is 0 Å². The van der Waals surface area contributed by atoms with Gasteiger partial charge < -0.3 is 5.32 Å². The van der Waals surface area contributed by atoms with Gasteiger partial charge in [-0.1, -0.05) is 13.8 Å². The maximum absolute atomic E-state index is 4.30. The molecule has 0 bridgehead atoms. The predicted molar refractivity (Wildman–Crippen MR) is 62.2 cm³/mol. The van der Waals surface area contributed by atoms with Crippen LogP contribution in [0.4, 0.5) is 0 Å². The average molecular weight is 197 g/mol. The zero-order valence-electron chi connectivity index (χ0n) is 10.1. The Morgan fingerprint density at radius 3 is 2.50 bits per heavy atom. The Balaban J connectivity index is 4.30. The molecule has 3 heteroatoms. The lowest BCUT2D eigenvalue weighted by Crippen LogP contribution is -2.47. The first-order chi connectivity index (χ1) is 6.60. The van der Waals surface area contributed by atoms with Crippen LogP contribution in [0.25, 0.3) is 0 Å². The number of nitrogens with zero attached hydrogens (tertiary/aromatic N) is 2. The van der Waals surface area contributed by atoms with Crippen LogP contribution in [0.3, 0.4) is 0 Å². The van der Waals surface area contributed by atoms with Crippen LogP contribution in [-0.2, 0) is 0 Å². The van der Waals surface area contributed by atoms with Crippen LogP contribution in [0.2, 0.25) is 0 Å². The van der Waals surface area contributed by atoms with Gasteiger partial charge in [0.25, 0.3) is 0 Å². The Morgan fingerprint density at radius 2 is 2.07 bits per heavy atom. The highest BCUT2D eigenvalue weighted by Gasteiger charge is 2.26. The topological polar surface area (TPSA) is 36.8 Å². The van der Waals surface area contributed by atoms with Crippen molar-refractivity contribution in [1.29, 1.82) is 0 Å². The van der Waals surface area contributed by atoms with Crippen LogP contribution in [-0.4, -0.2) is 31.2 Å². The minimum absolute atomic E-state index is 0.0503. The molecular weight excluding hydrogens is 174 g/mol.